The second kappa shape index (κ2) is 8.25. The third-order valence-corrected chi connectivity index (χ3v) is 4.61. The van der Waals surface area contributed by atoms with Crippen LogP contribution in [0.5, 0.6) is 5.75 Å². The van der Waals surface area contributed by atoms with E-state index in [9.17, 15) is 18.7 Å². The zero-order valence-electron chi connectivity index (χ0n) is 15.3. The molecule has 146 valence electrons. The van der Waals surface area contributed by atoms with E-state index in [4.69, 9.17) is 9.15 Å². The highest BCUT2D eigenvalue weighted by Gasteiger charge is 2.37. The van der Waals surface area contributed by atoms with Crippen LogP contribution in [-0.4, -0.2) is 18.2 Å². The fourth-order valence-corrected chi connectivity index (χ4v) is 3.04. The lowest BCUT2D eigenvalue weighted by Gasteiger charge is -2.21. The molecule has 3 aromatic rings. The molecular formula is C22H20F2O4. The zero-order chi connectivity index (χ0) is 20.1. The number of carboxylic acids is 1. The van der Waals surface area contributed by atoms with Gasteiger partial charge in [0.2, 0.25) is 0 Å². The molecule has 0 aliphatic heterocycles. The van der Waals surface area contributed by atoms with Gasteiger partial charge in [0, 0.05) is 18.4 Å². The average molecular weight is 386 g/mol. The molecule has 1 N–H and O–H groups in total. The highest BCUT2D eigenvalue weighted by Crippen LogP contribution is 2.37. The van der Waals surface area contributed by atoms with Gasteiger partial charge < -0.3 is 14.3 Å². The first-order valence-corrected chi connectivity index (χ1v) is 8.77. The van der Waals surface area contributed by atoms with Crippen molar-refractivity contribution < 1.29 is 27.8 Å². The van der Waals surface area contributed by atoms with Crippen molar-refractivity contribution >= 4 is 5.97 Å². The van der Waals surface area contributed by atoms with Crippen molar-refractivity contribution in [1.82, 2.24) is 0 Å². The number of alkyl halides is 2. The smallest absolute Gasteiger partial charge is 0.307 e. The molecule has 1 aromatic heterocycles. The van der Waals surface area contributed by atoms with Crippen LogP contribution in [0, 0.1) is 5.92 Å². The van der Waals surface area contributed by atoms with Crippen LogP contribution in [0.15, 0.2) is 71.3 Å². The van der Waals surface area contributed by atoms with Gasteiger partial charge in [-0.1, -0.05) is 36.4 Å². The van der Waals surface area contributed by atoms with Crippen molar-refractivity contribution in [2.75, 3.05) is 7.11 Å². The quantitative estimate of drug-likeness (QED) is 0.565. The summed E-state index contributed by atoms with van der Waals surface area (Å²) in [5.74, 6) is -4.71. The van der Waals surface area contributed by atoms with Crippen molar-refractivity contribution in [2.45, 2.75) is 18.8 Å². The molecule has 0 saturated carbocycles. The molecule has 28 heavy (non-hydrogen) atoms. The van der Waals surface area contributed by atoms with Gasteiger partial charge in [0.25, 0.3) is 5.92 Å². The number of rotatable bonds is 8. The largest absolute Gasteiger partial charge is 0.497 e. The fourth-order valence-electron chi connectivity index (χ4n) is 3.04. The lowest BCUT2D eigenvalue weighted by Crippen LogP contribution is -2.25. The number of hydrogen-bond donors (Lipinski definition) is 1. The number of methoxy groups -OCH3 is 1. The molecule has 3 rings (SSSR count). The molecule has 0 aliphatic carbocycles. The molecule has 0 amide bonds. The summed E-state index contributed by atoms with van der Waals surface area (Å²) in [6.07, 6.45) is 0.511. The van der Waals surface area contributed by atoms with E-state index < -0.39 is 24.2 Å². The van der Waals surface area contributed by atoms with E-state index in [1.165, 1.54) is 18.4 Å². The van der Waals surface area contributed by atoms with Crippen molar-refractivity contribution in [1.29, 1.82) is 0 Å². The van der Waals surface area contributed by atoms with Crippen LogP contribution in [0.1, 0.15) is 17.7 Å². The monoisotopic (exact) mass is 386 g/mol. The van der Waals surface area contributed by atoms with Crippen molar-refractivity contribution in [3.63, 3.8) is 0 Å². The Hall–Kier alpha value is -3.15. The molecule has 0 radical (unpaired) electrons. The number of carboxylic acid groups (broad SMARTS) is 1. The average Bonchev–Trinajstić information content (AvgIpc) is 3.20. The van der Waals surface area contributed by atoms with Gasteiger partial charge in [-0.05, 0) is 35.4 Å². The van der Waals surface area contributed by atoms with Gasteiger partial charge in [0.15, 0.2) is 0 Å². The lowest BCUT2D eigenvalue weighted by atomic mass is 9.92. The summed E-state index contributed by atoms with van der Waals surface area (Å²) in [7, 11) is 1.57. The predicted octanol–water partition coefficient (Wildman–Crippen LogP) is 5.38. The second-order valence-corrected chi connectivity index (χ2v) is 6.53. The molecule has 0 saturated heterocycles. The highest BCUT2D eigenvalue weighted by molar-refractivity contribution is 5.70. The van der Waals surface area contributed by atoms with E-state index in [1.807, 2.05) is 12.1 Å². The number of hydrogen-bond acceptors (Lipinski definition) is 3. The summed E-state index contributed by atoms with van der Waals surface area (Å²) < 4.78 is 39.6. The Morgan fingerprint density at radius 1 is 1.07 bits per heavy atom. The molecule has 0 aliphatic rings. The van der Waals surface area contributed by atoms with Crippen LogP contribution in [0.3, 0.4) is 0 Å². The van der Waals surface area contributed by atoms with Crippen LogP contribution in [0.2, 0.25) is 0 Å². The number of ether oxygens (including phenoxy) is 1. The molecule has 1 unspecified atom stereocenters. The zero-order valence-corrected chi connectivity index (χ0v) is 15.3. The van der Waals surface area contributed by atoms with Gasteiger partial charge in [0.05, 0.1) is 19.3 Å². The Morgan fingerprint density at radius 2 is 1.68 bits per heavy atom. The van der Waals surface area contributed by atoms with E-state index in [-0.39, 0.29) is 12.0 Å². The Morgan fingerprint density at radius 3 is 2.18 bits per heavy atom. The molecule has 6 heteroatoms. The van der Waals surface area contributed by atoms with Crippen LogP contribution in [-0.2, 0) is 17.1 Å². The summed E-state index contributed by atoms with van der Waals surface area (Å²) in [4.78, 5) is 11.4. The Labute approximate surface area is 161 Å². The second-order valence-electron chi connectivity index (χ2n) is 6.53. The molecule has 0 fully saturated rings. The minimum atomic E-state index is -3.27. The van der Waals surface area contributed by atoms with Gasteiger partial charge in [0.1, 0.15) is 11.5 Å². The maximum absolute atomic E-state index is 14.7. The third-order valence-electron chi connectivity index (χ3n) is 4.61. The fraction of sp³-hybridized carbons (Fsp3) is 0.227. The third kappa shape index (κ3) is 4.57. The van der Waals surface area contributed by atoms with Crippen molar-refractivity contribution in [3.05, 3.63) is 78.3 Å². The minimum Gasteiger partial charge on any atom is -0.497 e. The Kier molecular flexibility index (Phi) is 5.78. The van der Waals surface area contributed by atoms with Crippen LogP contribution in [0.25, 0.3) is 11.1 Å². The molecule has 1 atom stereocenters. The Bertz CT molecular complexity index is 901. The number of carbonyl (C=O) groups is 1. The lowest BCUT2D eigenvalue weighted by molar-refractivity contribution is -0.146. The molecule has 4 nitrogen and oxygen atoms in total. The van der Waals surface area contributed by atoms with Gasteiger partial charge in [-0.25, -0.2) is 8.78 Å². The summed E-state index contributed by atoms with van der Waals surface area (Å²) in [6, 6.07) is 16.3. The van der Waals surface area contributed by atoms with E-state index in [0.717, 1.165) is 11.1 Å². The normalized spacial score (nSPS) is 12.5. The van der Waals surface area contributed by atoms with Gasteiger partial charge >= 0.3 is 5.97 Å². The number of halogens is 2. The van der Waals surface area contributed by atoms with Gasteiger partial charge in [-0.15, -0.1) is 0 Å². The summed E-state index contributed by atoms with van der Waals surface area (Å²) >= 11 is 0. The van der Waals surface area contributed by atoms with Gasteiger partial charge in [-0.2, -0.15) is 0 Å². The van der Waals surface area contributed by atoms with Crippen molar-refractivity contribution in [2.24, 2.45) is 5.92 Å². The number of benzene rings is 2. The maximum atomic E-state index is 14.7. The summed E-state index contributed by atoms with van der Waals surface area (Å²) in [5, 5.41) is 9.33. The maximum Gasteiger partial charge on any atom is 0.307 e. The highest BCUT2D eigenvalue weighted by atomic mass is 19.3. The van der Waals surface area contributed by atoms with Gasteiger partial charge in [-0.3, -0.25) is 4.79 Å². The summed E-state index contributed by atoms with van der Waals surface area (Å²) in [5.41, 5.74) is 1.44. The molecule has 2 aromatic carbocycles. The minimum absolute atomic E-state index is 0.0815. The Balaban J connectivity index is 1.75. The van der Waals surface area contributed by atoms with E-state index in [0.29, 0.717) is 11.5 Å². The molecule has 1 heterocycles. The molecule has 0 bridgehead atoms. The number of furan rings is 1. The standard InChI is InChI=1S/C22H20F2O4/c1-27-19-10-6-16(7-11-19)15-4-8-18(9-5-15)22(23,24)14-17(21(25)26)13-20-3-2-12-28-20/h2-12,17H,13-14H2,1H3,(H,25,26). The molecular weight excluding hydrogens is 366 g/mol. The summed E-state index contributed by atoms with van der Waals surface area (Å²) in [6.45, 7) is 0. The topological polar surface area (TPSA) is 59.7 Å². The molecule has 0 spiro atoms. The first-order valence-electron chi connectivity index (χ1n) is 8.77. The first-order chi connectivity index (χ1) is 13.4. The van der Waals surface area contributed by atoms with Crippen molar-refractivity contribution in [3.8, 4) is 16.9 Å². The van der Waals surface area contributed by atoms with E-state index in [2.05, 4.69) is 0 Å². The predicted molar refractivity (Wildman–Crippen MR) is 100 cm³/mol. The van der Waals surface area contributed by atoms with E-state index >= 15 is 0 Å². The number of aliphatic carboxylic acids is 1. The van der Waals surface area contributed by atoms with Crippen LogP contribution >= 0.6 is 0 Å². The first kappa shape index (κ1) is 19.6. The van der Waals surface area contributed by atoms with Crippen LogP contribution < -0.4 is 4.74 Å². The van der Waals surface area contributed by atoms with E-state index in [1.54, 1.807) is 43.5 Å². The van der Waals surface area contributed by atoms with Crippen LogP contribution in [0.4, 0.5) is 8.78 Å². The SMILES string of the molecule is COc1ccc(-c2ccc(C(F)(F)CC(Cc3ccco3)C(=O)O)cc2)cc1.